The second-order valence-electron chi connectivity index (χ2n) is 2.66. The van der Waals surface area contributed by atoms with E-state index in [1.54, 1.807) is 0 Å². The van der Waals surface area contributed by atoms with E-state index < -0.39 is 0 Å². The molecule has 1 aromatic rings. The molecule has 58 valence electrons. The molecular weight excluding hydrogens is 138 g/mol. The monoisotopic (exact) mass is 149 g/mol. The van der Waals surface area contributed by atoms with E-state index in [2.05, 4.69) is 13.0 Å². The SMILES string of the molecule is CCN1Cc2ccccc2O1. The van der Waals surface area contributed by atoms with E-state index in [0.29, 0.717) is 0 Å². The van der Waals surface area contributed by atoms with E-state index in [1.165, 1.54) is 5.56 Å². The Morgan fingerprint density at radius 3 is 3.00 bits per heavy atom. The fraction of sp³-hybridized carbons (Fsp3) is 0.333. The Balaban J connectivity index is 2.27. The highest BCUT2D eigenvalue weighted by atomic mass is 16.7. The molecule has 1 aliphatic heterocycles. The van der Waals surface area contributed by atoms with E-state index in [1.807, 2.05) is 23.3 Å². The number of para-hydroxylation sites is 1. The molecule has 0 aromatic heterocycles. The standard InChI is InChI=1S/C9H11NO/c1-2-10-7-8-5-3-4-6-9(8)11-10/h3-6H,2,7H2,1H3. The summed E-state index contributed by atoms with van der Waals surface area (Å²) in [6.07, 6.45) is 0. The molecule has 0 radical (unpaired) electrons. The van der Waals surface area contributed by atoms with Gasteiger partial charge in [0, 0.05) is 12.1 Å². The van der Waals surface area contributed by atoms with Gasteiger partial charge in [0.2, 0.25) is 0 Å². The average molecular weight is 149 g/mol. The maximum absolute atomic E-state index is 5.49. The molecule has 0 atom stereocenters. The summed E-state index contributed by atoms with van der Waals surface area (Å²) in [4.78, 5) is 5.49. The van der Waals surface area contributed by atoms with Gasteiger partial charge in [0.05, 0.1) is 6.54 Å². The lowest BCUT2D eigenvalue weighted by molar-refractivity contribution is -0.0372. The van der Waals surface area contributed by atoms with E-state index in [0.717, 1.165) is 18.8 Å². The van der Waals surface area contributed by atoms with Crippen LogP contribution in [0.25, 0.3) is 0 Å². The molecule has 0 bridgehead atoms. The number of hydrogen-bond donors (Lipinski definition) is 0. The summed E-state index contributed by atoms with van der Waals surface area (Å²) >= 11 is 0. The summed E-state index contributed by atoms with van der Waals surface area (Å²) in [6, 6.07) is 8.15. The van der Waals surface area contributed by atoms with Gasteiger partial charge in [-0.3, -0.25) is 0 Å². The molecule has 11 heavy (non-hydrogen) atoms. The van der Waals surface area contributed by atoms with E-state index in [-0.39, 0.29) is 0 Å². The predicted molar refractivity (Wildman–Crippen MR) is 43.2 cm³/mol. The van der Waals surface area contributed by atoms with Gasteiger partial charge < -0.3 is 4.84 Å². The van der Waals surface area contributed by atoms with Gasteiger partial charge in [-0.15, -0.1) is 5.06 Å². The number of nitrogens with zero attached hydrogens (tertiary/aromatic N) is 1. The van der Waals surface area contributed by atoms with Crippen LogP contribution in [0.3, 0.4) is 0 Å². The van der Waals surface area contributed by atoms with Crippen LogP contribution in [-0.4, -0.2) is 11.6 Å². The molecule has 1 heterocycles. The minimum Gasteiger partial charge on any atom is -0.405 e. The molecule has 2 rings (SSSR count). The van der Waals surface area contributed by atoms with Gasteiger partial charge >= 0.3 is 0 Å². The van der Waals surface area contributed by atoms with Crippen LogP contribution in [0, 0.1) is 0 Å². The van der Waals surface area contributed by atoms with Crippen LogP contribution in [0.2, 0.25) is 0 Å². The highest BCUT2D eigenvalue weighted by Crippen LogP contribution is 2.26. The molecular formula is C9H11NO. The third-order valence-electron chi connectivity index (χ3n) is 1.90. The smallest absolute Gasteiger partial charge is 0.152 e. The number of hydroxylamine groups is 2. The quantitative estimate of drug-likeness (QED) is 0.603. The molecule has 0 spiro atoms. The van der Waals surface area contributed by atoms with Crippen LogP contribution in [0.15, 0.2) is 24.3 Å². The predicted octanol–water partition coefficient (Wildman–Crippen LogP) is 1.82. The first-order chi connectivity index (χ1) is 5.40. The summed E-state index contributed by atoms with van der Waals surface area (Å²) in [6.45, 7) is 3.95. The Morgan fingerprint density at radius 1 is 1.45 bits per heavy atom. The maximum Gasteiger partial charge on any atom is 0.152 e. The van der Waals surface area contributed by atoms with Crippen molar-refractivity contribution < 1.29 is 4.84 Å². The van der Waals surface area contributed by atoms with Gasteiger partial charge in [-0.1, -0.05) is 18.2 Å². The Hall–Kier alpha value is -1.02. The fourth-order valence-electron chi connectivity index (χ4n) is 1.26. The summed E-state index contributed by atoms with van der Waals surface area (Å²) in [5.74, 6) is 1.01. The Morgan fingerprint density at radius 2 is 2.27 bits per heavy atom. The van der Waals surface area contributed by atoms with Crippen molar-refractivity contribution in [2.24, 2.45) is 0 Å². The van der Waals surface area contributed by atoms with E-state index in [9.17, 15) is 0 Å². The van der Waals surface area contributed by atoms with Crippen LogP contribution >= 0.6 is 0 Å². The zero-order chi connectivity index (χ0) is 7.68. The third-order valence-corrected chi connectivity index (χ3v) is 1.90. The van der Waals surface area contributed by atoms with Crippen molar-refractivity contribution in [1.82, 2.24) is 5.06 Å². The number of benzene rings is 1. The number of fused-ring (bicyclic) bond motifs is 1. The summed E-state index contributed by atoms with van der Waals surface area (Å²) in [5, 5.41) is 1.95. The molecule has 2 heteroatoms. The highest BCUT2D eigenvalue weighted by Gasteiger charge is 2.17. The number of hydrogen-bond acceptors (Lipinski definition) is 2. The van der Waals surface area contributed by atoms with Gasteiger partial charge in [-0.25, -0.2) is 0 Å². The maximum atomic E-state index is 5.49. The average Bonchev–Trinajstić information content (AvgIpc) is 2.46. The topological polar surface area (TPSA) is 12.5 Å². The molecule has 2 nitrogen and oxygen atoms in total. The first-order valence-corrected chi connectivity index (χ1v) is 3.91. The van der Waals surface area contributed by atoms with Gasteiger partial charge in [0.1, 0.15) is 0 Å². The zero-order valence-electron chi connectivity index (χ0n) is 6.58. The minimum absolute atomic E-state index is 0.923. The van der Waals surface area contributed by atoms with Crippen molar-refractivity contribution in [1.29, 1.82) is 0 Å². The first-order valence-electron chi connectivity index (χ1n) is 3.91. The molecule has 0 saturated heterocycles. The van der Waals surface area contributed by atoms with Crippen molar-refractivity contribution in [3.05, 3.63) is 29.8 Å². The molecule has 0 saturated carbocycles. The van der Waals surface area contributed by atoms with Crippen molar-refractivity contribution in [2.45, 2.75) is 13.5 Å². The Bertz CT molecular complexity index is 234. The molecule has 1 aliphatic rings. The lowest BCUT2D eigenvalue weighted by Gasteiger charge is -2.09. The summed E-state index contributed by atoms with van der Waals surface area (Å²) in [7, 11) is 0. The fourth-order valence-corrected chi connectivity index (χ4v) is 1.26. The molecule has 0 aliphatic carbocycles. The second kappa shape index (κ2) is 2.55. The highest BCUT2D eigenvalue weighted by molar-refractivity contribution is 5.34. The molecule has 1 aromatic carbocycles. The third kappa shape index (κ3) is 1.10. The van der Waals surface area contributed by atoms with Crippen LogP contribution in [0.1, 0.15) is 12.5 Å². The van der Waals surface area contributed by atoms with Gasteiger partial charge in [-0.05, 0) is 13.0 Å². The second-order valence-corrected chi connectivity index (χ2v) is 2.66. The minimum atomic E-state index is 0.923. The lowest BCUT2D eigenvalue weighted by atomic mass is 10.2. The van der Waals surface area contributed by atoms with Crippen molar-refractivity contribution in [3.63, 3.8) is 0 Å². The summed E-state index contributed by atoms with van der Waals surface area (Å²) < 4.78 is 0. The van der Waals surface area contributed by atoms with Crippen molar-refractivity contribution >= 4 is 0 Å². The van der Waals surface area contributed by atoms with E-state index in [4.69, 9.17) is 4.84 Å². The molecule has 0 unspecified atom stereocenters. The van der Waals surface area contributed by atoms with Gasteiger partial charge in [0.25, 0.3) is 0 Å². The van der Waals surface area contributed by atoms with Gasteiger partial charge in [0.15, 0.2) is 5.75 Å². The van der Waals surface area contributed by atoms with Crippen LogP contribution in [0.5, 0.6) is 5.75 Å². The lowest BCUT2D eigenvalue weighted by Crippen LogP contribution is -2.20. The van der Waals surface area contributed by atoms with Crippen molar-refractivity contribution in [2.75, 3.05) is 6.54 Å². The molecule has 0 N–H and O–H groups in total. The van der Waals surface area contributed by atoms with Gasteiger partial charge in [-0.2, -0.15) is 0 Å². The molecule has 0 fully saturated rings. The molecule has 0 amide bonds. The van der Waals surface area contributed by atoms with Crippen molar-refractivity contribution in [3.8, 4) is 5.75 Å². The Kier molecular flexibility index (Phi) is 1.55. The zero-order valence-corrected chi connectivity index (χ0v) is 6.58. The number of rotatable bonds is 1. The Labute approximate surface area is 66.3 Å². The van der Waals surface area contributed by atoms with Crippen LogP contribution < -0.4 is 4.84 Å². The normalized spacial score (nSPS) is 16.1. The van der Waals surface area contributed by atoms with Crippen LogP contribution in [-0.2, 0) is 6.54 Å². The summed E-state index contributed by atoms with van der Waals surface area (Å²) in [5.41, 5.74) is 1.29. The first kappa shape index (κ1) is 6.68. The largest absolute Gasteiger partial charge is 0.405 e. The van der Waals surface area contributed by atoms with E-state index >= 15 is 0 Å². The van der Waals surface area contributed by atoms with Crippen LogP contribution in [0.4, 0.5) is 0 Å².